The number of esters is 1. The molecule has 0 aromatic carbocycles. The van der Waals surface area contributed by atoms with Crippen molar-refractivity contribution in [3.05, 3.63) is 0 Å². The lowest BCUT2D eigenvalue weighted by Gasteiger charge is -2.29. The van der Waals surface area contributed by atoms with Crippen molar-refractivity contribution in [1.29, 1.82) is 0 Å². The van der Waals surface area contributed by atoms with Crippen LogP contribution in [-0.2, 0) is 23.9 Å². The van der Waals surface area contributed by atoms with Gasteiger partial charge >= 0.3 is 5.97 Å². The van der Waals surface area contributed by atoms with E-state index in [2.05, 4.69) is 10.6 Å². The molecule has 1 saturated carbocycles. The van der Waals surface area contributed by atoms with E-state index in [1.54, 1.807) is 0 Å². The maximum Gasteiger partial charge on any atom is 0.328 e. The Labute approximate surface area is 122 Å². The summed E-state index contributed by atoms with van der Waals surface area (Å²) >= 11 is 0. The third kappa shape index (κ3) is 3.80. The molecule has 2 amide bonds. The highest BCUT2D eigenvalue weighted by Gasteiger charge is 2.36. The van der Waals surface area contributed by atoms with Gasteiger partial charge in [0, 0.05) is 19.3 Å². The summed E-state index contributed by atoms with van der Waals surface area (Å²) in [7, 11) is 1.25. The van der Waals surface area contributed by atoms with Gasteiger partial charge in [-0.15, -0.1) is 0 Å². The van der Waals surface area contributed by atoms with E-state index in [0.29, 0.717) is 32.1 Å². The normalized spacial score (nSPS) is 26.9. The van der Waals surface area contributed by atoms with E-state index in [0.717, 1.165) is 0 Å². The number of Topliss-reactive ketones (excluding diaryl/α,β-unsaturated/α-hetero) is 1. The molecule has 2 N–H and O–H groups in total. The van der Waals surface area contributed by atoms with Gasteiger partial charge < -0.3 is 15.4 Å². The molecule has 1 aliphatic carbocycles. The Balaban J connectivity index is 2.02. The molecular formula is C14H20N2O5. The summed E-state index contributed by atoms with van der Waals surface area (Å²) in [6.07, 6.45) is 2.94. The van der Waals surface area contributed by atoms with E-state index in [-0.39, 0.29) is 24.0 Å². The van der Waals surface area contributed by atoms with E-state index < -0.39 is 24.0 Å². The van der Waals surface area contributed by atoms with Crippen LogP contribution in [0.15, 0.2) is 0 Å². The van der Waals surface area contributed by atoms with Crippen molar-refractivity contribution >= 4 is 23.6 Å². The first-order valence-corrected chi connectivity index (χ1v) is 7.20. The Hall–Kier alpha value is -1.92. The predicted octanol–water partition coefficient (Wildman–Crippen LogP) is -0.318. The number of carbonyl (C=O) groups excluding carboxylic acids is 4. The Morgan fingerprint density at radius 3 is 2.62 bits per heavy atom. The number of hydrogen-bond donors (Lipinski definition) is 2. The van der Waals surface area contributed by atoms with E-state index in [9.17, 15) is 19.2 Å². The first-order valence-electron chi connectivity index (χ1n) is 7.20. The zero-order chi connectivity index (χ0) is 15.4. The summed E-state index contributed by atoms with van der Waals surface area (Å²) in [4.78, 5) is 46.7. The van der Waals surface area contributed by atoms with Crippen LogP contribution < -0.4 is 10.6 Å². The molecule has 7 nitrogen and oxygen atoms in total. The van der Waals surface area contributed by atoms with E-state index in [1.807, 2.05) is 0 Å². The molecule has 1 heterocycles. The van der Waals surface area contributed by atoms with Crippen LogP contribution in [0.4, 0.5) is 0 Å². The summed E-state index contributed by atoms with van der Waals surface area (Å²) < 4.78 is 4.73. The number of amides is 2. The number of carbonyl (C=O) groups is 4. The third-order valence-corrected chi connectivity index (χ3v) is 4.06. The van der Waals surface area contributed by atoms with Crippen LogP contribution in [0, 0.1) is 5.92 Å². The van der Waals surface area contributed by atoms with Gasteiger partial charge in [-0.1, -0.05) is 0 Å². The molecule has 0 bridgehead atoms. The average Bonchev–Trinajstić information content (AvgIpc) is 2.90. The molecule has 2 aliphatic rings. The lowest BCUT2D eigenvalue weighted by Crippen LogP contribution is -2.52. The summed E-state index contributed by atoms with van der Waals surface area (Å²) in [5.74, 6) is -1.25. The van der Waals surface area contributed by atoms with E-state index in [4.69, 9.17) is 4.74 Å². The van der Waals surface area contributed by atoms with E-state index in [1.165, 1.54) is 7.11 Å². The fourth-order valence-corrected chi connectivity index (χ4v) is 2.90. The number of nitrogens with one attached hydrogen (secondary N) is 2. The second-order valence-corrected chi connectivity index (χ2v) is 5.56. The van der Waals surface area contributed by atoms with Crippen molar-refractivity contribution in [2.75, 3.05) is 7.11 Å². The first-order chi connectivity index (χ1) is 10.0. The van der Waals surface area contributed by atoms with Gasteiger partial charge in [0.2, 0.25) is 11.8 Å². The lowest BCUT2D eigenvalue weighted by atomic mass is 9.83. The third-order valence-electron chi connectivity index (χ3n) is 4.06. The monoisotopic (exact) mass is 296 g/mol. The SMILES string of the molecule is COC(=O)[C@H](NC(=O)[C@H]1CCC(=O)N1)[C@@H]1CCCC(=O)C1. The fraction of sp³-hybridized carbons (Fsp3) is 0.714. The molecule has 0 aromatic rings. The topological polar surface area (TPSA) is 102 Å². The highest BCUT2D eigenvalue weighted by Crippen LogP contribution is 2.25. The van der Waals surface area contributed by atoms with Gasteiger partial charge in [-0.2, -0.15) is 0 Å². The summed E-state index contributed by atoms with van der Waals surface area (Å²) in [6, 6.07) is -1.44. The van der Waals surface area contributed by atoms with Gasteiger partial charge in [-0.05, 0) is 25.2 Å². The molecule has 0 unspecified atom stereocenters. The second kappa shape index (κ2) is 6.69. The van der Waals surface area contributed by atoms with Gasteiger partial charge in [0.15, 0.2) is 0 Å². The van der Waals surface area contributed by atoms with Gasteiger partial charge in [0.1, 0.15) is 17.9 Å². The Morgan fingerprint density at radius 2 is 2.05 bits per heavy atom. The lowest BCUT2D eigenvalue weighted by molar-refractivity contribution is -0.147. The molecule has 2 fully saturated rings. The maximum atomic E-state index is 12.1. The van der Waals surface area contributed by atoms with Gasteiger partial charge in [0.25, 0.3) is 0 Å². The van der Waals surface area contributed by atoms with Gasteiger partial charge in [-0.3, -0.25) is 14.4 Å². The Kier molecular flexibility index (Phi) is 4.93. The molecule has 1 aliphatic heterocycles. The summed E-state index contributed by atoms with van der Waals surface area (Å²) in [5, 5.41) is 5.20. The minimum absolute atomic E-state index is 0.101. The molecular weight excluding hydrogens is 276 g/mol. The smallest absolute Gasteiger partial charge is 0.328 e. The first kappa shape index (κ1) is 15.5. The van der Waals surface area contributed by atoms with Crippen molar-refractivity contribution < 1.29 is 23.9 Å². The molecule has 116 valence electrons. The van der Waals surface area contributed by atoms with Crippen molar-refractivity contribution in [1.82, 2.24) is 10.6 Å². The molecule has 2 rings (SSSR count). The number of rotatable bonds is 4. The second-order valence-electron chi connectivity index (χ2n) is 5.56. The van der Waals surface area contributed by atoms with E-state index >= 15 is 0 Å². The fourth-order valence-electron chi connectivity index (χ4n) is 2.90. The van der Waals surface area contributed by atoms with Gasteiger partial charge in [0.05, 0.1) is 7.11 Å². The van der Waals surface area contributed by atoms with Crippen molar-refractivity contribution in [3.63, 3.8) is 0 Å². The molecule has 0 spiro atoms. The number of ether oxygens (including phenoxy) is 1. The van der Waals surface area contributed by atoms with Crippen LogP contribution in [0.5, 0.6) is 0 Å². The number of methoxy groups -OCH3 is 1. The van der Waals surface area contributed by atoms with Crippen molar-refractivity contribution in [3.8, 4) is 0 Å². The van der Waals surface area contributed by atoms with Crippen LogP contribution in [0.2, 0.25) is 0 Å². The van der Waals surface area contributed by atoms with Crippen LogP contribution in [0.3, 0.4) is 0 Å². The highest BCUT2D eigenvalue weighted by atomic mass is 16.5. The van der Waals surface area contributed by atoms with Crippen LogP contribution >= 0.6 is 0 Å². The maximum absolute atomic E-state index is 12.1. The largest absolute Gasteiger partial charge is 0.467 e. The Bertz CT molecular complexity index is 462. The zero-order valence-electron chi connectivity index (χ0n) is 12.0. The minimum Gasteiger partial charge on any atom is -0.467 e. The quantitative estimate of drug-likeness (QED) is 0.692. The molecule has 1 saturated heterocycles. The molecule has 7 heteroatoms. The minimum atomic E-state index is -0.829. The molecule has 3 atom stereocenters. The predicted molar refractivity (Wildman–Crippen MR) is 72.1 cm³/mol. The molecule has 0 aromatic heterocycles. The van der Waals surface area contributed by atoms with Crippen molar-refractivity contribution in [2.24, 2.45) is 5.92 Å². The zero-order valence-corrected chi connectivity index (χ0v) is 12.0. The number of ketones is 1. The van der Waals surface area contributed by atoms with Crippen LogP contribution in [0.1, 0.15) is 38.5 Å². The van der Waals surface area contributed by atoms with Crippen molar-refractivity contribution in [2.45, 2.75) is 50.6 Å². The summed E-state index contributed by atoms with van der Waals surface area (Å²) in [6.45, 7) is 0. The van der Waals surface area contributed by atoms with Gasteiger partial charge in [-0.25, -0.2) is 4.79 Å². The van der Waals surface area contributed by atoms with Crippen LogP contribution in [0.25, 0.3) is 0 Å². The number of hydrogen-bond acceptors (Lipinski definition) is 5. The van der Waals surface area contributed by atoms with Crippen LogP contribution in [-0.4, -0.2) is 42.8 Å². The Morgan fingerprint density at radius 1 is 1.29 bits per heavy atom. The average molecular weight is 296 g/mol. The molecule has 21 heavy (non-hydrogen) atoms. The summed E-state index contributed by atoms with van der Waals surface area (Å²) in [5.41, 5.74) is 0. The standard InChI is InChI=1S/C14H20N2O5/c1-21-14(20)12(8-3-2-4-9(17)7-8)16-13(19)10-5-6-11(18)15-10/h8,10,12H,2-7H2,1H3,(H,15,18)(H,16,19)/t8-,10-,12-/m1/s1. The molecule has 0 radical (unpaired) electrons. The highest BCUT2D eigenvalue weighted by molar-refractivity contribution is 5.93.